The normalized spacial score (nSPS) is 10.7. The molecule has 2 aromatic carbocycles. The molecular formula is C18H12IrNO-. The second-order valence-electron chi connectivity index (χ2n) is 4.94. The maximum Gasteiger partial charge on any atom is 0.120 e. The molecule has 0 saturated carbocycles. The molecule has 0 aliphatic rings. The van der Waals surface area contributed by atoms with Crippen molar-refractivity contribution < 1.29 is 24.5 Å². The van der Waals surface area contributed by atoms with E-state index in [1.165, 1.54) is 0 Å². The van der Waals surface area contributed by atoms with Gasteiger partial charge in [-0.05, 0) is 24.2 Å². The van der Waals surface area contributed by atoms with Gasteiger partial charge in [0.25, 0.3) is 0 Å². The van der Waals surface area contributed by atoms with Gasteiger partial charge in [-0.1, -0.05) is 35.7 Å². The summed E-state index contributed by atoms with van der Waals surface area (Å²) in [6.07, 6.45) is 1.88. The second kappa shape index (κ2) is 5.44. The molecule has 4 aromatic rings. The number of aryl methyl sites for hydroxylation is 1. The van der Waals surface area contributed by atoms with Gasteiger partial charge in [0.15, 0.2) is 0 Å². The van der Waals surface area contributed by atoms with Crippen LogP contribution in [0.3, 0.4) is 0 Å². The Hall–Kier alpha value is -1.96. The number of hydrogen-bond acceptors (Lipinski definition) is 2. The topological polar surface area (TPSA) is 26.0 Å². The van der Waals surface area contributed by atoms with Gasteiger partial charge in [-0.3, -0.25) is 0 Å². The van der Waals surface area contributed by atoms with Crippen molar-refractivity contribution in [1.29, 1.82) is 0 Å². The van der Waals surface area contributed by atoms with Crippen molar-refractivity contribution in [2.75, 3.05) is 0 Å². The average Bonchev–Trinajstić information content (AvgIpc) is 2.86. The monoisotopic (exact) mass is 451 g/mol. The van der Waals surface area contributed by atoms with Crippen LogP contribution in [0.5, 0.6) is 0 Å². The minimum Gasteiger partial charge on any atom is -0.500 e. The Kier molecular flexibility index (Phi) is 3.62. The first kappa shape index (κ1) is 14.0. The molecule has 0 atom stereocenters. The summed E-state index contributed by atoms with van der Waals surface area (Å²) < 4.78 is 5.81. The van der Waals surface area contributed by atoms with Gasteiger partial charge in [0, 0.05) is 31.7 Å². The fourth-order valence-corrected chi connectivity index (χ4v) is 2.44. The van der Waals surface area contributed by atoms with E-state index < -0.39 is 0 Å². The van der Waals surface area contributed by atoms with Crippen molar-refractivity contribution >= 4 is 21.9 Å². The molecule has 0 amide bonds. The van der Waals surface area contributed by atoms with Crippen LogP contribution in [-0.4, -0.2) is 4.98 Å². The van der Waals surface area contributed by atoms with Crippen LogP contribution in [0.4, 0.5) is 0 Å². The minimum atomic E-state index is 0. The van der Waals surface area contributed by atoms with Crippen molar-refractivity contribution in [1.82, 2.24) is 4.98 Å². The maximum atomic E-state index is 5.81. The van der Waals surface area contributed by atoms with Crippen molar-refractivity contribution in [3.8, 4) is 11.3 Å². The van der Waals surface area contributed by atoms with Gasteiger partial charge in [-0.15, -0.1) is 23.8 Å². The van der Waals surface area contributed by atoms with Crippen molar-refractivity contribution in [2.45, 2.75) is 6.92 Å². The van der Waals surface area contributed by atoms with Gasteiger partial charge in [-0.2, -0.15) is 0 Å². The van der Waals surface area contributed by atoms with Crippen LogP contribution < -0.4 is 0 Å². The molecule has 0 spiro atoms. The quantitative estimate of drug-likeness (QED) is 0.391. The van der Waals surface area contributed by atoms with Gasteiger partial charge in [0.2, 0.25) is 0 Å². The van der Waals surface area contributed by atoms with Gasteiger partial charge in [0.1, 0.15) is 5.58 Å². The third-order valence-corrected chi connectivity index (χ3v) is 3.50. The van der Waals surface area contributed by atoms with E-state index in [4.69, 9.17) is 4.42 Å². The van der Waals surface area contributed by atoms with E-state index in [-0.39, 0.29) is 20.1 Å². The van der Waals surface area contributed by atoms with Crippen LogP contribution >= 0.6 is 0 Å². The van der Waals surface area contributed by atoms with Crippen LogP contribution in [0.2, 0.25) is 0 Å². The molecule has 105 valence electrons. The second-order valence-corrected chi connectivity index (χ2v) is 4.94. The zero-order chi connectivity index (χ0) is 13.5. The molecule has 0 unspecified atom stereocenters. The van der Waals surface area contributed by atoms with E-state index in [9.17, 15) is 0 Å². The van der Waals surface area contributed by atoms with E-state index in [1.807, 2.05) is 43.5 Å². The molecule has 2 aromatic heterocycles. The third-order valence-electron chi connectivity index (χ3n) is 3.50. The summed E-state index contributed by atoms with van der Waals surface area (Å²) in [6, 6.07) is 19.4. The van der Waals surface area contributed by atoms with Gasteiger partial charge >= 0.3 is 0 Å². The van der Waals surface area contributed by atoms with Crippen LogP contribution in [-0.2, 0) is 20.1 Å². The molecular weight excluding hydrogens is 438 g/mol. The summed E-state index contributed by atoms with van der Waals surface area (Å²) in [7, 11) is 0. The van der Waals surface area contributed by atoms with E-state index in [0.29, 0.717) is 0 Å². The average molecular weight is 451 g/mol. The Morgan fingerprint density at radius 3 is 2.67 bits per heavy atom. The van der Waals surface area contributed by atoms with E-state index in [2.05, 4.69) is 29.2 Å². The number of rotatable bonds is 1. The summed E-state index contributed by atoms with van der Waals surface area (Å²) >= 11 is 0. The number of furan rings is 1. The summed E-state index contributed by atoms with van der Waals surface area (Å²) in [5.74, 6) is 0. The van der Waals surface area contributed by atoms with E-state index >= 15 is 0 Å². The zero-order valence-electron chi connectivity index (χ0n) is 11.4. The Bertz CT molecular complexity index is 909. The predicted molar refractivity (Wildman–Crippen MR) is 80.5 cm³/mol. The molecule has 0 N–H and O–H groups in total. The van der Waals surface area contributed by atoms with Crippen molar-refractivity contribution in [3.05, 3.63) is 66.4 Å². The molecule has 0 saturated heterocycles. The Morgan fingerprint density at radius 1 is 1.00 bits per heavy atom. The van der Waals surface area contributed by atoms with E-state index in [1.54, 1.807) is 0 Å². The van der Waals surface area contributed by atoms with Crippen molar-refractivity contribution in [3.63, 3.8) is 0 Å². The first-order chi connectivity index (χ1) is 9.81. The smallest absolute Gasteiger partial charge is 0.120 e. The molecule has 21 heavy (non-hydrogen) atoms. The predicted octanol–water partition coefficient (Wildman–Crippen LogP) is 4.75. The van der Waals surface area contributed by atoms with Crippen LogP contribution in [0, 0.1) is 13.0 Å². The summed E-state index contributed by atoms with van der Waals surface area (Å²) in [5, 5.41) is 2.24. The van der Waals surface area contributed by atoms with Crippen molar-refractivity contribution in [2.24, 2.45) is 0 Å². The number of fused-ring (bicyclic) bond motifs is 3. The zero-order valence-corrected chi connectivity index (χ0v) is 13.8. The van der Waals surface area contributed by atoms with Gasteiger partial charge in [-0.25, -0.2) is 0 Å². The molecule has 4 rings (SSSR count). The number of pyridine rings is 1. The number of nitrogens with zero attached hydrogens (tertiary/aromatic N) is 1. The summed E-state index contributed by atoms with van der Waals surface area (Å²) in [5.41, 5.74) is 4.85. The molecule has 2 heterocycles. The number of hydrogen-bond donors (Lipinski definition) is 0. The number of para-hydroxylation sites is 1. The number of benzene rings is 2. The fraction of sp³-hybridized carbons (Fsp3) is 0.0556. The van der Waals surface area contributed by atoms with Gasteiger partial charge < -0.3 is 9.40 Å². The Balaban J connectivity index is 0.00000132. The van der Waals surface area contributed by atoms with Crippen LogP contribution in [0.1, 0.15) is 5.56 Å². The van der Waals surface area contributed by atoms with Crippen LogP contribution in [0.15, 0.2) is 59.1 Å². The Morgan fingerprint density at radius 2 is 1.86 bits per heavy atom. The Labute approximate surface area is 136 Å². The van der Waals surface area contributed by atoms with Gasteiger partial charge in [0.05, 0.1) is 5.58 Å². The fourth-order valence-electron chi connectivity index (χ4n) is 2.44. The summed E-state index contributed by atoms with van der Waals surface area (Å²) in [6.45, 7) is 2.03. The third kappa shape index (κ3) is 2.39. The molecule has 0 fully saturated rings. The SMILES string of the molecule is Cc1ccc(-c2[c-]cc3oc4ccccc4c3c2)nc1.[Ir]. The molecule has 3 heteroatoms. The number of aromatic nitrogens is 1. The standard InChI is InChI=1S/C18H12NO.Ir/c1-12-6-8-16(19-11-12)13-7-9-18-15(10-13)14-4-2-3-5-17(14)20-18;/h2-6,8-11H,1H3;/q-1;. The summed E-state index contributed by atoms with van der Waals surface area (Å²) in [4.78, 5) is 4.46. The van der Waals surface area contributed by atoms with Crippen LogP contribution in [0.25, 0.3) is 33.2 Å². The van der Waals surface area contributed by atoms with E-state index in [0.717, 1.165) is 38.8 Å². The molecule has 2 nitrogen and oxygen atoms in total. The molecule has 1 radical (unpaired) electrons. The largest absolute Gasteiger partial charge is 0.500 e. The molecule has 0 bridgehead atoms. The first-order valence-corrected chi connectivity index (χ1v) is 6.57. The maximum absolute atomic E-state index is 5.81. The molecule has 0 aliphatic heterocycles. The first-order valence-electron chi connectivity index (χ1n) is 6.57. The minimum absolute atomic E-state index is 0. The molecule has 0 aliphatic carbocycles.